The van der Waals surface area contributed by atoms with E-state index < -0.39 is 28.6 Å². The second kappa shape index (κ2) is 7.61. The number of alkyl halides is 3. The van der Waals surface area contributed by atoms with Crippen molar-refractivity contribution in [2.75, 3.05) is 5.73 Å². The highest BCUT2D eigenvalue weighted by molar-refractivity contribution is 9.10. The number of nitrogen functional groups attached to an aromatic ring is 1. The Bertz CT molecular complexity index is 1150. The molecule has 0 fully saturated rings. The quantitative estimate of drug-likeness (QED) is 0.511. The summed E-state index contributed by atoms with van der Waals surface area (Å²) in [6, 6.07) is 4.74. The topological polar surface area (TPSA) is 141 Å². The molecule has 0 unspecified atom stereocenters. The minimum Gasteiger partial charge on any atom is -0.417 e. The van der Waals surface area contributed by atoms with Crippen LogP contribution in [0.3, 0.4) is 0 Å². The number of aliphatic hydroxyl groups is 1. The van der Waals surface area contributed by atoms with Gasteiger partial charge >= 0.3 is 6.36 Å². The molecule has 0 radical (unpaired) electrons. The van der Waals surface area contributed by atoms with Gasteiger partial charge in [-0.3, -0.25) is 0 Å². The molecule has 0 amide bonds. The molecule has 0 saturated carbocycles. The molecule has 0 bridgehead atoms. The van der Waals surface area contributed by atoms with E-state index in [2.05, 4.69) is 35.8 Å². The first-order valence-corrected chi connectivity index (χ1v) is 9.79. The zero-order chi connectivity index (χ0) is 21.4. The molecule has 3 aromatic rings. The number of hydrogen-bond donors (Lipinski definition) is 2. The lowest BCUT2D eigenvalue weighted by molar-refractivity contribution is -0.274. The van der Waals surface area contributed by atoms with E-state index >= 15 is 0 Å². The van der Waals surface area contributed by atoms with E-state index in [4.69, 9.17) is 15.3 Å². The Hall–Kier alpha value is -2.71. The fraction of sp³-hybridized carbons (Fsp3) is 0.133. The molecule has 154 valence electrons. The number of rotatable bonds is 5. The summed E-state index contributed by atoms with van der Waals surface area (Å²) < 4.78 is 71.1. The molecular weight excluding hydrogens is 485 g/mol. The standard InChI is InChI=1S/C15H10BrF3N4O5S/c16-13-10(5-9(20)12(21-13)14-23-22-11(6-24)27-14)29(25,26)8-3-1-7(2-4-8)28-15(17,18)19/h1-5,24H,6,20H2. The van der Waals surface area contributed by atoms with Crippen LogP contribution in [-0.2, 0) is 16.4 Å². The van der Waals surface area contributed by atoms with Crippen LogP contribution in [0.25, 0.3) is 11.6 Å². The van der Waals surface area contributed by atoms with Gasteiger partial charge in [-0.05, 0) is 46.3 Å². The van der Waals surface area contributed by atoms with E-state index in [0.717, 1.165) is 30.3 Å². The monoisotopic (exact) mass is 494 g/mol. The van der Waals surface area contributed by atoms with Gasteiger partial charge < -0.3 is 20.0 Å². The zero-order valence-corrected chi connectivity index (χ0v) is 16.4. The van der Waals surface area contributed by atoms with Gasteiger partial charge in [-0.25, -0.2) is 13.4 Å². The highest BCUT2D eigenvalue weighted by Gasteiger charge is 2.31. The second-order valence-corrected chi connectivity index (χ2v) is 8.07. The van der Waals surface area contributed by atoms with E-state index in [9.17, 15) is 21.6 Å². The molecule has 2 aromatic heterocycles. The summed E-state index contributed by atoms with van der Waals surface area (Å²) in [5.41, 5.74) is 5.73. The Balaban J connectivity index is 1.98. The molecule has 0 aliphatic carbocycles. The number of sulfone groups is 1. The number of hydrogen-bond acceptors (Lipinski definition) is 9. The van der Waals surface area contributed by atoms with Gasteiger partial charge in [0.1, 0.15) is 21.9 Å². The summed E-state index contributed by atoms with van der Waals surface area (Å²) in [7, 11) is -4.18. The van der Waals surface area contributed by atoms with E-state index in [1.165, 1.54) is 0 Å². The summed E-state index contributed by atoms with van der Waals surface area (Å²) in [4.78, 5) is 3.38. The van der Waals surface area contributed by atoms with Crippen molar-refractivity contribution in [2.24, 2.45) is 0 Å². The van der Waals surface area contributed by atoms with Crippen molar-refractivity contribution in [3.63, 3.8) is 0 Å². The van der Waals surface area contributed by atoms with Crippen molar-refractivity contribution < 1.29 is 35.8 Å². The van der Waals surface area contributed by atoms with Gasteiger partial charge in [0.15, 0.2) is 5.69 Å². The van der Waals surface area contributed by atoms with Gasteiger partial charge in [-0.1, -0.05) is 0 Å². The average molecular weight is 495 g/mol. The van der Waals surface area contributed by atoms with Crippen LogP contribution in [0.1, 0.15) is 5.89 Å². The molecule has 2 heterocycles. The minimum atomic E-state index is -4.90. The van der Waals surface area contributed by atoms with Crippen molar-refractivity contribution in [1.82, 2.24) is 15.2 Å². The summed E-state index contributed by atoms with van der Waals surface area (Å²) in [6.45, 7) is -0.505. The van der Waals surface area contributed by atoms with E-state index in [-0.39, 0.29) is 37.6 Å². The number of pyridine rings is 1. The number of halogens is 4. The van der Waals surface area contributed by atoms with Crippen LogP contribution in [0.15, 0.2) is 49.1 Å². The number of aliphatic hydroxyl groups excluding tert-OH is 1. The highest BCUT2D eigenvalue weighted by Crippen LogP contribution is 2.34. The van der Waals surface area contributed by atoms with Crippen LogP contribution in [0.2, 0.25) is 0 Å². The van der Waals surface area contributed by atoms with Gasteiger partial charge in [0, 0.05) is 0 Å². The predicted octanol–water partition coefficient (Wildman–Crippen LogP) is 2.70. The largest absolute Gasteiger partial charge is 0.573 e. The fourth-order valence-corrected chi connectivity index (χ4v) is 4.44. The van der Waals surface area contributed by atoms with E-state index in [1.807, 2.05) is 0 Å². The highest BCUT2D eigenvalue weighted by atomic mass is 79.9. The predicted molar refractivity (Wildman–Crippen MR) is 94.1 cm³/mol. The van der Waals surface area contributed by atoms with Gasteiger partial charge in [0.25, 0.3) is 5.89 Å². The first kappa shape index (κ1) is 21.0. The molecular formula is C15H10BrF3N4O5S. The maximum atomic E-state index is 12.8. The molecule has 29 heavy (non-hydrogen) atoms. The smallest absolute Gasteiger partial charge is 0.417 e. The van der Waals surface area contributed by atoms with E-state index in [1.54, 1.807) is 0 Å². The Morgan fingerprint density at radius 3 is 2.41 bits per heavy atom. The number of anilines is 1. The molecule has 3 rings (SSSR count). The fourth-order valence-electron chi connectivity index (χ4n) is 2.21. The van der Waals surface area contributed by atoms with Crippen LogP contribution >= 0.6 is 15.9 Å². The molecule has 0 atom stereocenters. The lowest BCUT2D eigenvalue weighted by atomic mass is 10.3. The molecule has 1 aromatic carbocycles. The molecule has 0 spiro atoms. The molecule has 0 aliphatic rings. The number of ether oxygens (including phenoxy) is 1. The Morgan fingerprint density at radius 1 is 1.21 bits per heavy atom. The van der Waals surface area contributed by atoms with Crippen LogP contribution in [0.4, 0.5) is 18.9 Å². The van der Waals surface area contributed by atoms with Crippen molar-refractivity contribution in [3.8, 4) is 17.3 Å². The van der Waals surface area contributed by atoms with Gasteiger partial charge in [0.05, 0.1) is 10.6 Å². The SMILES string of the molecule is Nc1cc(S(=O)(=O)c2ccc(OC(F)(F)F)cc2)c(Br)nc1-c1nnc(CO)o1. The molecule has 9 nitrogen and oxygen atoms in total. The average Bonchev–Trinajstić information content (AvgIpc) is 3.11. The molecule has 0 aliphatic heterocycles. The lowest BCUT2D eigenvalue weighted by Gasteiger charge is -2.11. The van der Waals surface area contributed by atoms with Crippen molar-refractivity contribution >= 4 is 31.5 Å². The Labute approximate surface area is 169 Å². The lowest BCUT2D eigenvalue weighted by Crippen LogP contribution is -2.17. The van der Waals surface area contributed by atoms with Crippen molar-refractivity contribution in [3.05, 3.63) is 40.8 Å². The third-order valence-electron chi connectivity index (χ3n) is 3.44. The summed E-state index contributed by atoms with van der Waals surface area (Å²) >= 11 is 3.03. The van der Waals surface area contributed by atoms with Crippen molar-refractivity contribution in [2.45, 2.75) is 22.8 Å². The Morgan fingerprint density at radius 2 is 1.86 bits per heavy atom. The molecule has 14 heteroatoms. The minimum absolute atomic E-state index is 0.0167. The van der Waals surface area contributed by atoms with E-state index in [0.29, 0.717) is 0 Å². The number of nitrogens with zero attached hydrogens (tertiary/aromatic N) is 3. The zero-order valence-electron chi connectivity index (χ0n) is 14.0. The maximum Gasteiger partial charge on any atom is 0.573 e. The molecule has 3 N–H and O–H groups in total. The number of aromatic nitrogens is 3. The normalized spacial score (nSPS) is 12.2. The van der Waals surface area contributed by atoms with Gasteiger partial charge in [0.2, 0.25) is 15.7 Å². The molecule has 0 saturated heterocycles. The summed E-state index contributed by atoms with van der Waals surface area (Å²) in [5, 5.41) is 16.2. The summed E-state index contributed by atoms with van der Waals surface area (Å²) in [5.74, 6) is -0.792. The maximum absolute atomic E-state index is 12.8. The van der Waals surface area contributed by atoms with Crippen LogP contribution in [-0.4, -0.2) is 35.1 Å². The number of nitrogens with two attached hydrogens (primary N) is 1. The van der Waals surface area contributed by atoms with Crippen molar-refractivity contribution in [1.29, 1.82) is 0 Å². The Kier molecular flexibility index (Phi) is 5.51. The van der Waals surface area contributed by atoms with Gasteiger partial charge in [-0.15, -0.1) is 23.4 Å². The van der Waals surface area contributed by atoms with Crippen LogP contribution in [0.5, 0.6) is 5.75 Å². The number of benzene rings is 1. The first-order chi connectivity index (χ1) is 13.5. The second-order valence-electron chi connectivity index (χ2n) is 5.40. The van der Waals surface area contributed by atoms with Gasteiger partial charge in [-0.2, -0.15) is 0 Å². The third-order valence-corrected chi connectivity index (χ3v) is 6.09. The summed E-state index contributed by atoms with van der Waals surface area (Å²) in [6.07, 6.45) is -4.90. The third kappa shape index (κ3) is 4.49. The van der Waals surface area contributed by atoms with Crippen LogP contribution < -0.4 is 10.5 Å². The van der Waals surface area contributed by atoms with Crippen LogP contribution in [0, 0.1) is 0 Å². The first-order valence-electron chi connectivity index (χ1n) is 7.52.